The van der Waals surface area contributed by atoms with E-state index in [0.29, 0.717) is 0 Å². The molecule has 0 amide bonds. The van der Waals surface area contributed by atoms with Crippen molar-refractivity contribution in [3.05, 3.63) is 84.9 Å². The third-order valence-electron chi connectivity index (χ3n) is 3.10. The molecule has 0 saturated heterocycles. The van der Waals surface area contributed by atoms with Gasteiger partial charge in [0.05, 0.1) is 0 Å². The van der Waals surface area contributed by atoms with Gasteiger partial charge in [-0.05, 0) is 22.3 Å². The Morgan fingerprint density at radius 3 is 1.00 bits per heavy atom. The third kappa shape index (κ3) is 6.30. The van der Waals surface area contributed by atoms with E-state index in [0.717, 1.165) is 0 Å². The summed E-state index contributed by atoms with van der Waals surface area (Å²) in [7, 11) is 0. The largest absolute Gasteiger partial charge is 0.0622 e. The van der Waals surface area contributed by atoms with Crippen LogP contribution in [0.2, 0.25) is 17.9 Å². The molecule has 23 heavy (non-hydrogen) atoms. The van der Waals surface area contributed by atoms with Crippen molar-refractivity contribution in [1.82, 2.24) is 0 Å². The van der Waals surface area contributed by atoms with Crippen molar-refractivity contribution in [2.45, 2.75) is 17.9 Å². The van der Waals surface area contributed by atoms with Crippen molar-refractivity contribution >= 4 is 21.2 Å². The second kappa shape index (κ2) is 8.44. The second-order valence-corrected chi connectivity index (χ2v) is 30.6. The predicted molar refractivity (Wildman–Crippen MR) is 107 cm³/mol. The zero-order chi connectivity index (χ0) is 16.7. The predicted octanol–water partition coefficient (Wildman–Crippen LogP) is 6.98. The van der Waals surface area contributed by atoms with Gasteiger partial charge in [0.1, 0.15) is 0 Å². The molecule has 118 valence electrons. The summed E-state index contributed by atoms with van der Waals surface area (Å²) in [5.74, 6) is 0. The average molecular weight is 498 g/mol. The summed E-state index contributed by atoms with van der Waals surface area (Å²) < 4.78 is 9.64. The molecule has 3 aromatic rings. The van der Waals surface area contributed by atoms with Crippen LogP contribution < -0.4 is 0 Å². The molecule has 0 unspecified atom stereocenters. The van der Waals surface area contributed by atoms with Crippen LogP contribution in [-0.2, 0) is 0 Å². The maximum absolute atomic E-state index is 2.41. The molecule has 0 aliphatic carbocycles. The average Bonchev–Trinajstić information content (AvgIpc) is 2.55. The standard InChI is InChI=1S/C18H14.4CH3.Pb/c1-3-9-15(10-4-1)17-13-7-8-14-18(17)16-11-5-2-6-12-16;;;;;/h1-14H;4*1H3;. The molecule has 0 radical (unpaired) electrons. The van der Waals surface area contributed by atoms with Crippen molar-refractivity contribution in [2.24, 2.45) is 0 Å². The second-order valence-electron chi connectivity index (χ2n) is 7.28. The summed E-state index contributed by atoms with van der Waals surface area (Å²) >= 11 is -1.28. The van der Waals surface area contributed by atoms with E-state index in [1.807, 2.05) is 0 Å². The van der Waals surface area contributed by atoms with Crippen LogP contribution >= 0.6 is 0 Å². The van der Waals surface area contributed by atoms with Gasteiger partial charge in [-0.25, -0.2) is 0 Å². The van der Waals surface area contributed by atoms with Gasteiger partial charge < -0.3 is 0 Å². The summed E-state index contributed by atoms with van der Waals surface area (Å²) in [6, 6.07) is 29.6. The van der Waals surface area contributed by atoms with Gasteiger partial charge in [0.2, 0.25) is 0 Å². The topological polar surface area (TPSA) is 0 Å². The van der Waals surface area contributed by atoms with Crippen molar-refractivity contribution in [2.75, 3.05) is 0 Å². The summed E-state index contributed by atoms with van der Waals surface area (Å²) in [6.45, 7) is 0. The van der Waals surface area contributed by atoms with Crippen molar-refractivity contribution in [3.63, 3.8) is 0 Å². The molecular formula is C22H26Pb. The summed E-state index contributed by atoms with van der Waals surface area (Å²) in [5, 5.41) is 0. The number of hydrogen-bond donors (Lipinski definition) is 0. The van der Waals surface area contributed by atoms with E-state index >= 15 is 0 Å². The van der Waals surface area contributed by atoms with Gasteiger partial charge in [-0.2, -0.15) is 0 Å². The fraction of sp³-hybridized carbons (Fsp3) is 0.182. The summed E-state index contributed by atoms with van der Waals surface area (Å²) in [4.78, 5) is 0. The Hall–Kier alpha value is -1.42. The van der Waals surface area contributed by atoms with Gasteiger partial charge in [0, 0.05) is 0 Å². The van der Waals surface area contributed by atoms with Crippen LogP contribution in [0.1, 0.15) is 0 Å². The Bertz CT molecular complexity index is 645. The molecule has 0 spiro atoms. The maximum Gasteiger partial charge on any atom is -0.0105 e. The Labute approximate surface area is 145 Å². The minimum absolute atomic E-state index is 1.26. The molecule has 3 aromatic carbocycles. The van der Waals surface area contributed by atoms with Gasteiger partial charge in [0.15, 0.2) is 0 Å². The number of rotatable bonds is 2. The van der Waals surface area contributed by atoms with Crippen LogP contribution in [0.3, 0.4) is 0 Å². The van der Waals surface area contributed by atoms with E-state index in [1.54, 1.807) is 0 Å². The minimum Gasteiger partial charge on any atom is -0.0622 e. The molecule has 0 heterocycles. The molecule has 0 N–H and O–H groups in total. The van der Waals surface area contributed by atoms with Crippen LogP contribution in [0.5, 0.6) is 0 Å². The summed E-state index contributed by atoms with van der Waals surface area (Å²) in [6.07, 6.45) is 0. The fourth-order valence-electron chi connectivity index (χ4n) is 2.22. The Kier molecular flexibility index (Phi) is 6.58. The first-order valence-corrected chi connectivity index (χ1v) is 23.7. The van der Waals surface area contributed by atoms with Crippen molar-refractivity contribution < 1.29 is 0 Å². The zero-order valence-electron chi connectivity index (χ0n) is 14.6. The van der Waals surface area contributed by atoms with E-state index < -0.39 is 21.2 Å². The quantitative estimate of drug-likeness (QED) is 0.335. The molecule has 0 aliphatic rings. The van der Waals surface area contributed by atoms with Gasteiger partial charge >= 0.3 is 39.1 Å². The molecular weight excluding hydrogens is 471 g/mol. The van der Waals surface area contributed by atoms with Crippen LogP contribution in [-0.4, -0.2) is 21.2 Å². The van der Waals surface area contributed by atoms with Crippen molar-refractivity contribution in [3.8, 4) is 22.3 Å². The van der Waals surface area contributed by atoms with Gasteiger partial charge in [-0.3, -0.25) is 0 Å². The third-order valence-corrected chi connectivity index (χ3v) is 3.10. The molecule has 0 saturated carbocycles. The number of hydrogen-bond acceptors (Lipinski definition) is 0. The number of benzene rings is 3. The maximum atomic E-state index is 2.41. The van der Waals surface area contributed by atoms with Crippen LogP contribution in [0.4, 0.5) is 0 Å². The molecule has 1 heteroatoms. The Morgan fingerprint density at radius 1 is 0.435 bits per heavy atom. The van der Waals surface area contributed by atoms with Crippen LogP contribution in [0.25, 0.3) is 22.3 Å². The van der Waals surface area contributed by atoms with Gasteiger partial charge in [-0.15, -0.1) is 0 Å². The first kappa shape index (κ1) is 17.9. The molecule has 0 fully saturated rings. The Morgan fingerprint density at radius 2 is 0.696 bits per heavy atom. The molecule has 3 rings (SSSR count). The molecule has 0 atom stereocenters. The minimum atomic E-state index is -1.28. The van der Waals surface area contributed by atoms with E-state index in [9.17, 15) is 0 Å². The van der Waals surface area contributed by atoms with Gasteiger partial charge in [0.25, 0.3) is 0 Å². The van der Waals surface area contributed by atoms with Crippen molar-refractivity contribution in [1.29, 1.82) is 0 Å². The smallest absolute Gasteiger partial charge is 0.0105 e. The van der Waals surface area contributed by atoms with Crippen LogP contribution in [0, 0.1) is 0 Å². The first-order chi connectivity index (χ1) is 10.9. The molecule has 0 aromatic heterocycles. The van der Waals surface area contributed by atoms with E-state index in [2.05, 4.69) is 103 Å². The van der Waals surface area contributed by atoms with E-state index in [4.69, 9.17) is 0 Å². The monoisotopic (exact) mass is 498 g/mol. The van der Waals surface area contributed by atoms with Crippen LogP contribution in [0.15, 0.2) is 84.9 Å². The normalized spacial score (nSPS) is 10.6. The first-order valence-electron chi connectivity index (χ1n) is 8.15. The molecule has 0 aliphatic heterocycles. The summed E-state index contributed by atoms with van der Waals surface area (Å²) in [5.41, 5.74) is 5.09. The SMILES string of the molecule is [CH3][Pb]([CH3])([CH3])[CH3].c1ccc(-c2ccccc2-c2ccccc2)cc1. The zero-order valence-corrected chi connectivity index (χ0v) is 18.5. The molecule has 0 nitrogen and oxygen atoms in total. The Balaban J connectivity index is 0.000000338. The van der Waals surface area contributed by atoms with E-state index in [-0.39, 0.29) is 0 Å². The van der Waals surface area contributed by atoms with Gasteiger partial charge in [-0.1, -0.05) is 84.9 Å². The van der Waals surface area contributed by atoms with E-state index in [1.165, 1.54) is 22.3 Å². The molecule has 0 bridgehead atoms. The fourth-order valence-corrected chi connectivity index (χ4v) is 2.22.